The minimum atomic E-state index is -0.0499. The number of carbonyl (C=O) groups is 1. The number of hydrogen-bond donors (Lipinski definition) is 1. The monoisotopic (exact) mass is 434 g/mol. The van der Waals surface area contributed by atoms with E-state index >= 15 is 0 Å². The second-order valence-electron chi connectivity index (χ2n) is 6.57. The third-order valence-corrected chi connectivity index (χ3v) is 6.06. The second kappa shape index (κ2) is 8.86. The van der Waals surface area contributed by atoms with E-state index in [1.807, 2.05) is 31.2 Å². The highest BCUT2D eigenvalue weighted by molar-refractivity contribution is 9.10. The SMILES string of the molecule is Cc1ccc(NC(=O)CSc2cc(N3CCCC[C@H]3C)ncn2)c(Br)c1. The van der Waals surface area contributed by atoms with Crippen molar-refractivity contribution in [1.82, 2.24) is 9.97 Å². The number of halogens is 1. The van der Waals surface area contributed by atoms with Crippen LogP contribution in [0.25, 0.3) is 0 Å². The number of rotatable bonds is 5. The van der Waals surface area contributed by atoms with Crippen LogP contribution in [0.4, 0.5) is 11.5 Å². The molecule has 0 spiro atoms. The molecule has 1 N–H and O–H groups in total. The van der Waals surface area contributed by atoms with Gasteiger partial charge in [0.2, 0.25) is 5.91 Å². The fourth-order valence-corrected chi connectivity index (χ4v) is 4.31. The molecule has 0 saturated carbocycles. The predicted molar refractivity (Wildman–Crippen MR) is 111 cm³/mol. The molecule has 1 amide bonds. The van der Waals surface area contributed by atoms with Gasteiger partial charge in [0, 0.05) is 23.1 Å². The van der Waals surface area contributed by atoms with Crippen molar-refractivity contribution in [3.05, 3.63) is 40.6 Å². The maximum Gasteiger partial charge on any atom is 0.234 e. The van der Waals surface area contributed by atoms with Gasteiger partial charge in [-0.15, -0.1) is 0 Å². The number of benzene rings is 1. The van der Waals surface area contributed by atoms with Crippen molar-refractivity contribution in [3.8, 4) is 0 Å². The Kier molecular flexibility index (Phi) is 6.53. The molecule has 2 aromatic rings. The van der Waals surface area contributed by atoms with Crippen LogP contribution in [-0.2, 0) is 4.79 Å². The zero-order chi connectivity index (χ0) is 18.5. The molecule has 1 aromatic heterocycles. The third kappa shape index (κ3) is 4.98. The normalized spacial score (nSPS) is 17.2. The van der Waals surface area contributed by atoms with Crippen LogP contribution in [0.1, 0.15) is 31.7 Å². The highest BCUT2D eigenvalue weighted by atomic mass is 79.9. The molecule has 3 rings (SSSR count). The van der Waals surface area contributed by atoms with E-state index in [0.717, 1.165) is 33.1 Å². The van der Waals surface area contributed by atoms with Crippen molar-refractivity contribution in [1.29, 1.82) is 0 Å². The fraction of sp³-hybridized carbons (Fsp3) is 0.421. The Bertz CT molecular complexity index is 786. The van der Waals surface area contributed by atoms with Gasteiger partial charge in [0.1, 0.15) is 17.2 Å². The number of aromatic nitrogens is 2. The van der Waals surface area contributed by atoms with Crippen LogP contribution in [0.5, 0.6) is 0 Å². The van der Waals surface area contributed by atoms with E-state index in [-0.39, 0.29) is 5.91 Å². The lowest BCUT2D eigenvalue weighted by Gasteiger charge is -2.34. The zero-order valence-corrected chi connectivity index (χ0v) is 17.4. The average Bonchev–Trinajstić information content (AvgIpc) is 2.63. The molecule has 0 unspecified atom stereocenters. The van der Waals surface area contributed by atoms with Gasteiger partial charge in [-0.3, -0.25) is 4.79 Å². The first-order valence-corrected chi connectivity index (χ1v) is 10.6. The molecular formula is C19H23BrN4OS. The largest absolute Gasteiger partial charge is 0.354 e. The molecular weight excluding hydrogens is 412 g/mol. The van der Waals surface area contributed by atoms with Gasteiger partial charge in [-0.2, -0.15) is 0 Å². The predicted octanol–water partition coefficient (Wildman–Crippen LogP) is 4.66. The van der Waals surface area contributed by atoms with Crippen LogP contribution in [0.2, 0.25) is 0 Å². The molecule has 2 heterocycles. The van der Waals surface area contributed by atoms with Gasteiger partial charge in [0.05, 0.1) is 11.4 Å². The second-order valence-corrected chi connectivity index (χ2v) is 8.42. The summed E-state index contributed by atoms with van der Waals surface area (Å²) in [6.07, 6.45) is 5.26. The molecule has 0 aliphatic carbocycles. The van der Waals surface area contributed by atoms with E-state index in [1.54, 1.807) is 6.33 Å². The summed E-state index contributed by atoms with van der Waals surface area (Å²) in [5.74, 6) is 1.22. The number of nitrogens with zero attached hydrogens (tertiary/aromatic N) is 3. The van der Waals surface area contributed by atoms with Crippen LogP contribution < -0.4 is 10.2 Å². The van der Waals surface area contributed by atoms with Gasteiger partial charge in [-0.05, 0) is 66.7 Å². The van der Waals surface area contributed by atoms with E-state index in [0.29, 0.717) is 11.8 Å². The van der Waals surface area contributed by atoms with Crippen LogP contribution in [-0.4, -0.2) is 34.2 Å². The van der Waals surface area contributed by atoms with Crippen molar-refractivity contribution in [2.45, 2.75) is 44.2 Å². The smallest absolute Gasteiger partial charge is 0.234 e. The summed E-state index contributed by atoms with van der Waals surface area (Å²) >= 11 is 4.91. The maximum absolute atomic E-state index is 12.3. The Morgan fingerprint density at radius 2 is 2.19 bits per heavy atom. The van der Waals surface area contributed by atoms with E-state index in [4.69, 9.17) is 0 Å². The summed E-state index contributed by atoms with van der Waals surface area (Å²) < 4.78 is 0.888. The van der Waals surface area contributed by atoms with Crippen LogP contribution >= 0.6 is 27.7 Å². The van der Waals surface area contributed by atoms with Gasteiger partial charge in [0.25, 0.3) is 0 Å². The first kappa shape index (κ1) is 19.2. The van der Waals surface area contributed by atoms with Crippen molar-refractivity contribution in [2.24, 2.45) is 0 Å². The Labute approximate surface area is 167 Å². The Morgan fingerprint density at radius 3 is 2.96 bits per heavy atom. The van der Waals surface area contributed by atoms with Crippen molar-refractivity contribution < 1.29 is 4.79 Å². The minimum Gasteiger partial charge on any atom is -0.354 e. The number of piperidine rings is 1. The Balaban J connectivity index is 1.59. The number of carbonyl (C=O) groups excluding carboxylic acids is 1. The molecule has 7 heteroatoms. The summed E-state index contributed by atoms with van der Waals surface area (Å²) in [6.45, 7) is 5.29. The van der Waals surface area contributed by atoms with Crippen molar-refractivity contribution in [2.75, 3.05) is 22.5 Å². The molecule has 1 aliphatic rings. The number of aryl methyl sites for hydroxylation is 1. The fourth-order valence-electron chi connectivity index (χ4n) is 3.05. The first-order valence-electron chi connectivity index (χ1n) is 8.80. The lowest BCUT2D eigenvalue weighted by Crippen LogP contribution is -2.38. The molecule has 1 fully saturated rings. The topological polar surface area (TPSA) is 58.1 Å². The molecule has 0 radical (unpaired) electrons. The summed E-state index contributed by atoms with van der Waals surface area (Å²) in [5, 5.41) is 3.76. The van der Waals surface area contributed by atoms with Gasteiger partial charge < -0.3 is 10.2 Å². The molecule has 1 atom stereocenters. The van der Waals surface area contributed by atoms with E-state index in [9.17, 15) is 4.79 Å². The number of nitrogens with one attached hydrogen (secondary N) is 1. The van der Waals surface area contributed by atoms with Gasteiger partial charge in [-0.1, -0.05) is 17.8 Å². The molecule has 1 aromatic carbocycles. The van der Waals surface area contributed by atoms with E-state index in [2.05, 4.69) is 43.0 Å². The summed E-state index contributed by atoms with van der Waals surface area (Å²) in [5.41, 5.74) is 1.93. The van der Waals surface area contributed by atoms with E-state index in [1.165, 1.54) is 31.0 Å². The quantitative estimate of drug-likeness (QED) is 0.547. The van der Waals surface area contributed by atoms with E-state index < -0.39 is 0 Å². The third-order valence-electron chi connectivity index (χ3n) is 4.47. The molecule has 26 heavy (non-hydrogen) atoms. The molecule has 0 bridgehead atoms. The zero-order valence-electron chi connectivity index (χ0n) is 15.0. The maximum atomic E-state index is 12.3. The van der Waals surface area contributed by atoms with Crippen LogP contribution in [0.15, 0.2) is 40.1 Å². The average molecular weight is 435 g/mol. The summed E-state index contributed by atoms with van der Waals surface area (Å²) in [6, 6.07) is 8.35. The summed E-state index contributed by atoms with van der Waals surface area (Å²) in [4.78, 5) is 23.3. The minimum absolute atomic E-state index is 0.0499. The Morgan fingerprint density at radius 1 is 1.35 bits per heavy atom. The number of hydrogen-bond acceptors (Lipinski definition) is 5. The number of anilines is 2. The first-order chi connectivity index (χ1) is 12.5. The number of thioether (sulfide) groups is 1. The standard InChI is InChI=1S/C19H23BrN4OS/c1-13-6-7-16(15(20)9-13)23-18(25)11-26-19-10-17(21-12-22-19)24-8-4-3-5-14(24)2/h6-7,9-10,12,14H,3-5,8,11H2,1-2H3,(H,23,25)/t14-/m1/s1. The highest BCUT2D eigenvalue weighted by Crippen LogP contribution is 2.26. The molecule has 1 aliphatic heterocycles. The Hall–Kier alpha value is -1.60. The summed E-state index contributed by atoms with van der Waals surface area (Å²) in [7, 11) is 0. The van der Waals surface area contributed by atoms with Crippen molar-refractivity contribution >= 4 is 45.1 Å². The van der Waals surface area contributed by atoms with Gasteiger partial charge in [-0.25, -0.2) is 9.97 Å². The lowest BCUT2D eigenvalue weighted by atomic mass is 10.0. The van der Waals surface area contributed by atoms with Crippen LogP contribution in [0.3, 0.4) is 0 Å². The number of amides is 1. The molecule has 1 saturated heterocycles. The van der Waals surface area contributed by atoms with Crippen LogP contribution in [0, 0.1) is 6.92 Å². The highest BCUT2D eigenvalue weighted by Gasteiger charge is 2.20. The van der Waals surface area contributed by atoms with Gasteiger partial charge in [0.15, 0.2) is 0 Å². The van der Waals surface area contributed by atoms with Crippen molar-refractivity contribution in [3.63, 3.8) is 0 Å². The molecule has 138 valence electrons. The van der Waals surface area contributed by atoms with Gasteiger partial charge >= 0.3 is 0 Å². The molecule has 5 nitrogen and oxygen atoms in total. The lowest BCUT2D eigenvalue weighted by molar-refractivity contribution is -0.113.